The molecule has 0 aromatic heterocycles. The zero-order valence-electron chi connectivity index (χ0n) is 14.4. The van der Waals surface area contributed by atoms with Gasteiger partial charge in [-0.15, -0.1) is 0 Å². The Balaban J connectivity index is 1.97. The van der Waals surface area contributed by atoms with Crippen molar-refractivity contribution in [3.8, 4) is 5.75 Å². The highest BCUT2D eigenvalue weighted by molar-refractivity contribution is 9.11. The Morgan fingerprint density at radius 3 is 2.62 bits per heavy atom. The molecule has 0 saturated heterocycles. The number of carbonyl (C=O) groups is 2. The minimum absolute atomic E-state index is 0.161. The van der Waals surface area contributed by atoms with E-state index in [4.69, 9.17) is 4.74 Å². The van der Waals surface area contributed by atoms with Crippen LogP contribution in [0.4, 0.5) is 5.69 Å². The minimum atomic E-state index is -0.339. The molecule has 0 fully saturated rings. The van der Waals surface area contributed by atoms with Gasteiger partial charge in [-0.25, -0.2) is 0 Å². The van der Waals surface area contributed by atoms with Crippen LogP contribution in [0.5, 0.6) is 5.75 Å². The maximum Gasteiger partial charge on any atom is 0.262 e. The Labute approximate surface area is 169 Å². The van der Waals surface area contributed by atoms with Gasteiger partial charge >= 0.3 is 0 Å². The predicted octanol–water partition coefficient (Wildman–Crippen LogP) is 4.76. The zero-order valence-corrected chi connectivity index (χ0v) is 17.5. The molecular weight excluding hydrogens is 464 g/mol. The number of unbranched alkanes of at least 4 members (excludes halogenated alkanes) is 1. The largest absolute Gasteiger partial charge is 0.483 e. The molecule has 0 spiro atoms. The summed E-state index contributed by atoms with van der Waals surface area (Å²) in [7, 11) is 0. The SMILES string of the molecule is CCCCNC(=O)c1ccccc1NC(=O)COc1ccc(Br)cc1Br. The van der Waals surface area contributed by atoms with Crippen molar-refractivity contribution in [3.63, 3.8) is 0 Å². The van der Waals surface area contributed by atoms with Crippen LogP contribution >= 0.6 is 31.9 Å². The molecule has 0 bridgehead atoms. The molecule has 26 heavy (non-hydrogen) atoms. The maximum atomic E-state index is 12.3. The summed E-state index contributed by atoms with van der Waals surface area (Å²) >= 11 is 6.75. The number of halogens is 2. The van der Waals surface area contributed by atoms with E-state index in [2.05, 4.69) is 49.4 Å². The quantitative estimate of drug-likeness (QED) is 0.532. The fraction of sp³-hybridized carbons (Fsp3) is 0.263. The molecule has 2 aromatic rings. The number of nitrogens with one attached hydrogen (secondary N) is 2. The Morgan fingerprint density at radius 1 is 1.12 bits per heavy atom. The molecule has 0 aliphatic rings. The number of carbonyl (C=O) groups excluding carboxylic acids is 2. The Kier molecular flexibility index (Phi) is 8.12. The van der Waals surface area contributed by atoms with Crippen molar-refractivity contribution < 1.29 is 14.3 Å². The Hall–Kier alpha value is -1.86. The van der Waals surface area contributed by atoms with E-state index >= 15 is 0 Å². The van der Waals surface area contributed by atoms with Gasteiger partial charge in [0.25, 0.3) is 11.8 Å². The lowest BCUT2D eigenvalue weighted by Crippen LogP contribution is -2.27. The highest BCUT2D eigenvalue weighted by Gasteiger charge is 2.13. The zero-order chi connectivity index (χ0) is 18.9. The van der Waals surface area contributed by atoms with E-state index in [1.807, 2.05) is 12.1 Å². The summed E-state index contributed by atoms with van der Waals surface area (Å²) in [6.07, 6.45) is 1.91. The number of benzene rings is 2. The molecule has 0 atom stereocenters. The second kappa shape index (κ2) is 10.3. The molecule has 7 heteroatoms. The first-order valence-electron chi connectivity index (χ1n) is 8.26. The van der Waals surface area contributed by atoms with Gasteiger partial charge in [-0.2, -0.15) is 0 Å². The van der Waals surface area contributed by atoms with Crippen LogP contribution in [0.1, 0.15) is 30.1 Å². The second-order valence-corrected chi connectivity index (χ2v) is 7.34. The fourth-order valence-corrected chi connectivity index (χ4v) is 3.35. The highest BCUT2D eigenvalue weighted by atomic mass is 79.9. The number of rotatable bonds is 8. The van der Waals surface area contributed by atoms with Crippen molar-refractivity contribution >= 4 is 49.4 Å². The monoisotopic (exact) mass is 482 g/mol. The van der Waals surface area contributed by atoms with E-state index in [1.54, 1.807) is 30.3 Å². The molecule has 5 nitrogen and oxygen atoms in total. The number of hydrogen-bond donors (Lipinski definition) is 2. The summed E-state index contributed by atoms with van der Waals surface area (Å²) in [6, 6.07) is 12.3. The number of para-hydroxylation sites is 1. The van der Waals surface area contributed by atoms with E-state index in [0.29, 0.717) is 23.5 Å². The van der Waals surface area contributed by atoms with Gasteiger partial charge in [-0.05, 0) is 52.7 Å². The summed E-state index contributed by atoms with van der Waals surface area (Å²) in [6.45, 7) is 2.51. The molecule has 0 saturated carbocycles. The summed E-state index contributed by atoms with van der Waals surface area (Å²) in [5.74, 6) is 0.0218. The normalized spacial score (nSPS) is 10.3. The van der Waals surface area contributed by atoms with Gasteiger partial charge < -0.3 is 15.4 Å². The lowest BCUT2D eigenvalue weighted by molar-refractivity contribution is -0.118. The number of hydrogen-bond acceptors (Lipinski definition) is 3. The van der Waals surface area contributed by atoms with Crippen molar-refractivity contribution in [2.45, 2.75) is 19.8 Å². The molecule has 0 aliphatic heterocycles. The first-order chi connectivity index (χ1) is 12.5. The molecule has 2 N–H and O–H groups in total. The van der Waals surface area contributed by atoms with Crippen molar-refractivity contribution in [1.29, 1.82) is 0 Å². The van der Waals surface area contributed by atoms with Crippen molar-refractivity contribution in [2.75, 3.05) is 18.5 Å². The first kappa shape index (κ1) is 20.5. The average Bonchev–Trinajstić information content (AvgIpc) is 2.61. The van der Waals surface area contributed by atoms with Crippen LogP contribution < -0.4 is 15.4 Å². The van der Waals surface area contributed by atoms with E-state index < -0.39 is 0 Å². The summed E-state index contributed by atoms with van der Waals surface area (Å²) < 4.78 is 7.18. The molecule has 2 amide bonds. The smallest absolute Gasteiger partial charge is 0.262 e. The van der Waals surface area contributed by atoms with E-state index in [9.17, 15) is 9.59 Å². The van der Waals surface area contributed by atoms with Crippen molar-refractivity contribution in [1.82, 2.24) is 5.32 Å². The van der Waals surface area contributed by atoms with E-state index in [-0.39, 0.29) is 18.4 Å². The summed E-state index contributed by atoms with van der Waals surface area (Å²) in [4.78, 5) is 24.5. The van der Waals surface area contributed by atoms with Crippen LogP contribution in [-0.4, -0.2) is 25.0 Å². The van der Waals surface area contributed by atoms with Gasteiger partial charge in [-0.1, -0.05) is 41.4 Å². The van der Waals surface area contributed by atoms with Gasteiger partial charge in [0.1, 0.15) is 5.75 Å². The van der Waals surface area contributed by atoms with Crippen LogP contribution in [0, 0.1) is 0 Å². The highest BCUT2D eigenvalue weighted by Crippen LogP contribution is 2.28. The van der Waals surface area contributed by atoms with Gasteiger partial charge in [0.05, 0.1) is 15.7 Å². The lowest BCUT2D eigenvalue weighted by atomic mass is 10.1. The van der Waals surface area contributed by atoms with Gasteiger partial charge in [-0.3, -0.25) is 9.59 Å². The van der Waals surface area contributed by atoms with Crippen LogP contribution in [0.2, 0.25) is 0 Å². The molecular formula is C19H20Br2N2O3. The molecule has 0 aliphatic carbocycles. The fourth-order valence-electron chi connectivity index (χ4n) is 2.19. The first-order valence-corrected chi connectivity index (χ1v) is 9.84. The van der Waals surface area contributed by atoms with Gasteiger partial charge in [0.2, 0.25) is 0 Å². The van der Waals surface area contributed by atoms with Crippen LogP contribution in [0.15, 0.2) is 51.4 Å². The summed E-state index contributed by atoms with van der Waals surface area (Å²) in [5, 5.41) is 5.59. The van der Waals surface area contributed by atoms with Gasteiger partial charge in [0.15, 0.2) is 6.61 Å². The molecule has 2 aromatic carbocycles. The lowest BCUT2D eigenvalue weighted by Gasteiger charge is -2.12. The Morgan fingerprint density at radius 2 is 1.88 bits per heavy atom. The molecule has 138 valence electrons. The number of anilines is 1. The van der Waals surface area contributed by atoms with Crippen molar-refractivity contribution in [3.05, 3.63) is 57.0 Å². The molecule has 0 radical (unpaired) electrons. The molecule has 0 unspecified atom stereocenters. The third kappa shape index (κ3) is 6.14. The van der Waals surface area contributed by atoms with E-state index in [0.717, 1.165) is 21.8 Å². The van der Waals surface area contributed by atoms with Crippen molar-refractivity contribution in [2.24, 2.45) is 0 Å². The summed E-state index contributed by atoms with van der Waals surface area (Å²) in [5.41, 5.74) is 0.895. The standard InChI is InChI=1S/C19H20Br2N2O3/c1-2-3-10-22-19(25)14-6-4-5-7-16(14)23-18(24)12-26-17-9-8-13(20)11-15(17)21/h4-9,11H,2-3,10,12H2,1H3,(H,22,25)(H,23,24). The second-order valence-electron chi connectivity index (χ2n) is 5.57. The predicted molar refractivity (Wildman–Crippen MR) is 110 cm³/mol. The third-order valence-corrected chi connectivity index (χ3v) is 4.63. The average molecular weight is 484 g/mol. The van der Waals surface area contributed by atoms with Crippen LogP contribution in [0.3, 0.4) is 0 Å². The Bertz CT molecular complexity index is 781. The van der Waals surface area contributed by atoms with Crippen LogP contribution in [0.25, 0.3) is 0 Å². The molecule has 2 rings (SSSR count). The topological polar surface area (TPSA) is 67.4 Å². The maximum absolute atomic E-state index is 12.3. The third-order valence-electron chi connectivity index (χ3n) is 3.51. The van der Waals surface area contributed by atoms with Gasteiger partial charge in [0, 0.05) is 11.0 Å². The minimum Gasteiger partial charge on any atom is -0.483 e. The van der Waals surface area contributed by atoms with Crippen LogP contribution in [-0.2, 0) is 4.79 Å². The number of amides is 2. The van der Waals surface area contributed by atoms with E-state index in [1.165, 1.54) is 0 Å². The molecule has 0 heterocycles. The number of ether oxygens (including phenoxy) is 1.